The predicted octanol–water partition coefficient (Wildman–Crippen LogP) is 2.12. The first-order valence-electron chi connectivity index (χ1n) is 8.49. The van der Waals surface area contributed by atoms with E-state index in [4.69, 9.17) is 4.74 Å². The van der Waals surface area contributed by atoms with E-state index in [0.29, 0.717) is 6.04 Å². The summed E-state index contributed by atoms with van der Waals surface area (Å²) in [5.41, 5.74) is -0.429. The van der Waals surface area contributed by atoms with Gasteiger partial charge in [-0.2, -0.15) is 5.10 Å². The molecule has 0 radical (unpaired) electrons. The summed E-state index contributed by atoms with van der Waals surface area (Å²) in [4.78, 5) is 18.1. The zero-order valence-corrected chi connectivity index (χ0v) is 14.5. The first-order chi connectivity index (χ1) is 10.9. The number of aromatic nitrogens is 3. The molecule has 7 heteroatoms. The Balaban J connectivity index is 1.66. The molecular weight excluding hydrogens is 294 g/mol. The molecule has 7 nitrogen and oxygen atoms in total. The molecule has 1 aliphatic rings. The Bertz CT molecular complexity index is 469. The van der Waals surface area contributed by atoms with Crippen molar-refractivity contribution in [2.75, 3.05) is 19.6 Å². The van der Waals surface area contributed by atoms with E-state index in [0.717, 1.165) is 57.6 Å². The Labute approximate surface area is 138 Å². The van der Waals surface area contributed by atoms with E-state index in [-0.39, 0.29) is 6.09 Å². The van der Waals surface area contributed by atoms with Gasteiger partial charge in [0.2, 0.25) is 0 Å². The number of likely N-dealkylation sites (tertiary alicyclic amines) is 1. The molecule has 0 spiro atoms. The molecule has 2 heterocycles. The van der Waals surface area contributed by atoms with Crippen molar-refractivity contribution >= 4 is 6.09 Å². The average Bonchev–Trinajstić information content (AvgIpc) is 2.86. The molecule has 2 N–H and O–H groups in total. The molecule has 0 saturated carbocycles. The van der Waals surface area contributed by atoms with Gasteiger partial charge >= 0.3 is 6.09 Å². The van der Waals surface area contributed by atoms with Crippen molar-refractivity contribution in [3.8, 4) is 0 Å². The zero-order chi connectivity index (χ0) is 16.7. The van der Waals surface area contributed by atoms with Crippen LogP contribution in [0.25, 0.3) is 0 Å². The quantitative estimate of drug-likeness (QED) is 0.811. The fraction of sp³-hybridized carbons (Fsp3) is 0.812. The van der Waals surface area contributed by atoms with E-state index in [1.54, 1.807) is 6.33 Å². The van der Waals surface area contributed by atoms with E-state index in [1.165, 1.54) is 0 Å². The van der Waals surface area contributed by atoms with Gasteiger partial charge in [-0.05, 0) is 53.0 Å². The van der Waals surface area contributed by atoms with Gasteiger partial charge in [0.05, 0.1) is 0 Å². The third kappa shape index (κ3) is 6.56. The number of aryl methyl sites for hydroxylation is 1. The summed E-state index contributed by atoms with van der Waals surface area (Å²) >= 11 is 0. The van der Waals surface area contributed by atoms with Crippen LogP contribution in [0.1, 0.15) is 52.3 Å². The van der Waals surface area contributed by atoms with E-state index in [9.17, 15) is 4.79 Å². The molecular formula is C16H29N5O2. The van der Waals surface area contributed by atoms with Crippen LogP contribution in [0.2, 0.25) is 0 Å². The predicted molar refractivity (Wildman–Crippen MR) is 88.2 cm³/mol. The molecule has 1 saturated heterocycles. The van der Waals surface area contributed by atoms with Crippen LogP contribution >= 0.6 is 0 Å². The second-order valence-electron chi connectivity index (χ2n) is 7.09. The number of nitrogens with zero attached hydrogens (tertiary/aromatic N) is 3. The highest BCUT2D eigenvalue weighted by Gasteiger charge is 2.24. The second kappa shape index (κ2) is 8.29. The molecule has 1 aromatic heterocycles. The monoisotopic (exact) mass is 323 g/mol. The Morgan fingerprint density at radius 3 is 2.96 bits per heavy atom. The summed E-state index contributed by atoms with van der Waals surface area (Å²) in [5, 5.41) is 10.3. The third-order valence-corrected chi connectivity index (χ3v) is 3.87. The average molecular weight is 323 g/mol. The van der Waals surface area contributed by atoms with Crippen molar-refractivity contribution in [3.63, 3.8) is 0 Å². The molecule has 23 heavy (non-hydrogen) atoms. The molecule has 1 amide bonds. The normalized spacial score (nSPS) is 19.4. The van der Waals surface area contributed by atoms with Crippen molar-refractivity contribution in [1.82, 2.24) is 25.4 Å². The van der Waals surface area contributed by atoms with E-state index in [1.807, 2.05) is 25.7 Å². The third-order valence-electron chi connectivity index (χ3n) is 3.87. The summed E-state index contributed by atoms with van der Waals surface area (Å²) in [6.07, 6.45) is 6.37. The van der Waals surface area contributed by atoms with Crippen LogP contribution in [0, 0.1) is 0 Å². The minimum absolute atomic E-state index is 0.191. The highest BCUT2D eigenvalue weighted by atomic mass is 16.6. The lowest BCUT2D eigenvalue weighted by Gasteiger charge is -2.26. The maximum Gasteiger partial charge on any atom is 0.410 e. The molecule has 2 rings (SSSR count). The van der Waals surface area contributed by atoms with Gasteiger partial charge in [0.1, 0.15) is 17.8 Å². The van der Waals surface area contributed by atoms with Crippen molar-refractivity contribution in [3.05, 3.63) is 12.2 Å². The Hall–Kier alpha value is -1.63. The standard InChI is InChI=1S/C16H29N5O2/c1-16(2,3)23-15(22)21-10-5-6-13(8-11-21)17-9-4-7-14-18-12-19-20-14/h12-13,17H,4-11H2,1-3H3,(H,18,19,20). The van der Waals surface area contributed by atoms with Crippen LogP contribution in [0.15, 0.2) is 6.33 Å². The molecule has 1 aliphatic heterocycles. The van der Waals surface area contributed by atoms with Gasteiger partial charge in [0.15, 0.2) is 0 Å². The molecule has 0 aromatic carbocycles. The number of nitrogens with one attached hydrogen (secondary N) is 2. The van der Waals surface area contributed by atoms with Gasteiger partial charge in [-0.15, -0.1) is 0 Å². The number of hydrogen-bond acceptors (Lipinski definition) is 5. The highest BCUT2D eigenvalue weighted by molar-refractivity contribution is 5.68. The van der Waals surface area contributed by atoms with E-state index >= 15 is 0 Å². The first-order valence-corrected chi connectivity index (χ1v) is 8.49. The minimum atomic E-state index is -0.429. The minimum Gasteiger partial charge on any atom is -0.444 e. The summed E-state index contributed by atoms with van der Waals surface area (Å²) in [5.74, 6) is 0.934. The zero-order valence-electron chi connectivity index (χ0n) is 14.5. The lowest BCUT2D eigenvalue weighted by Crippen LogP contribution is -2.38. The lowest BCUT2D eigenvalue weighted by atomic mass is 10.1. The van der Waals surface area contributed by atoms with Crippen LogP contribution in [0.4, 0.5) is 4.79 Å². The summed E-state index contributed by atoms with van der Waals surface area (Å²) < 4.78 is 5.46. The summed E-state index contributed by atoms with van der Waals surface area (Å²) in [7, 11) is 0. The number of hydrogen-bond donors (Lipinski definition) is 2. The SMILES string of the molecule is CC(C)(C)OC(=O)N1CCCC(NCCCc2ncn[nH]2)CC1. The smallest absolute Gasteiger partial charge is 0.410 e. The lowest BCUT2D eigenvalue weighted by molar-refractivity contribution is 0.0256. The number of ether oxygens (including phenoxy) is 1. The number of carbonyl (C=O) groups is 1. The maximum atomic E-state index is 12.1. The van der Waals surface area contributed by atoms with Crippen molar-refractivity contribution < 1.29 is 9.53 Å². The molecule has 130 valence electrons. The Morgan fingerprint density at radius 2 is 2.26 bits per heavy atom. The topological polar surface area (TPSA) is 83.1 Å². The fourth-order valence-electron chi connectivity index (χ4n) is 2.72. The van der Waals surface area contributed by atoms with Gasteiger partial charge in [-0.1, -0.05) is 0 Å². The van der Waals surface area contributed by atoms with Crippen molar-refractivity contribution in [1.29, 1.82) is 0 Å². The molecule has 0 aliphatic carbocycles. The second-order valence-corrected chi connectivity index (χ2v) is 7.09. The van der Waals surface area contributed by atoms with Crippen molar-refractivity contribution in [2.45, 2.75) is 64.5 Å². The van der Waals surface area contributed by atoms with Gasteiger partial charge in [-0.3, -0.25) is 5.10 Å². The van der Waals surface area contributed by atoms with Crippen LogP contribution < -0.4 is 5.32 Å². The number of carbonyl (C=O) groups excluding carboxylic acids is 1. The fourth-order valence-corrected chi connectivity index (χ4v) is 2.72. The first kappa shape index (κ1) is 17.7. The Morgan fingerprint density at radius 1 is 1.43 bits per heavy atom. The van der Waals surface area contributed by atoms with Crippen LogP contribution in [0.3, 0.4) is 0 Å². The molecule has 0 bridgehead atoms. The van der Waals surface area contributed by atoms with Gasteiger partial charge in [0.25, 0.3) is 0 Å². The van der Waals surface area contributed by atoms with E-state index < -0.39 is 5.60 Å². The van der Waals surface area contributed by atoms with Gasteiger partial charge in [-0.25, -0.2) is 9.78 Å². The maximum absolute atomic E-state index is 12.1. The number of rotatable bonds is 5. The molecule has 1 atom stereocenters. The molecule has 1 fully saturated rings. The molecule has 1 unspecified atom stereocenters. The summed E-state index contributed by atoms with van der Waals surface area (Å²) in [6.45, 7) is 8.21. The number of amides is 1. The van der Waals surface area contributed by atoms with Crippen LogP contribution in [-0.2, 0) is 11.2 Å². The van der Waals surface area contributed by atoms with Gasteiger partial charge < -0.3 is 15.0 Å². The Kier molecular flexibility index (Phi) is 6.38. The van der Waals surface area contributed by atoms with Gasteiger partial charge in [0, 0.05) is 25.6 Å². The number of H-pyrrole nitrogens is 1. The summed E-state index contributed by atoms with van der Waals surface area (Å²) in [6, 6.07) is 0.470. The van der Waals surface area contributed by atoms with Crippen LogP contribution in [0.5, 0.6) is 0 Å². The van der Waals surface area contributed by atoms with E-state index in [2.05, 4.69) is 20.5 Å². The number of aromatic amines is 1. The van der Waals surface area contributed by atoms with Crippen molar-refractivity contribution in [2.24, 2.45) is 0 Å². The highest BCUT2D eigenvalue weighted by Crippen LogP contribution is 2.15. The molecule has 1 aromatic rings. The van der Waals surface area contributed by atoms with Crippen LogP contribution in [-0.4, -0.2) is 57.5 Å². The largest absolute Gasteiger partial charge is 0.444 e.